The van der Waals surface area contributed by atoms with Gasteiger partial charge in [0.25, 0.3) is 0 Å². The fourth-order valence-corrected chi connectivity index (χ4v) is 2.94. The van der Waals surface area contributed by atoms with Gasteiger partial charge in [-0.1, -0.05) is 6.58 Å². The van der Waals surface area contributed by atoms with Crippen LogP contribution in [0.25, 0.3) is 0 Å². The first-order valence-corrected chi connectivity index (χ1v) is 5.12. The van der Waals surface area contributed by atoms with Crippen molar-refractivity contribution in [2.75, 3.05) is 0 Å². The Morgan fingerprint density at radius 2 is 2.36 bits per heavy atom. The average molecular weight is 194 g/mol. The van der Waals surface area contributed by atoms with E-state index in [-0.39, 0.29) is 17.2 Å². The number of rotatable bonds is 2. The number of esters is 1. The van der Waals surface area contributed by atoms with Crippen molar-refractivity contribution in [2.45, 2.75) is 49.9 Å². The molecule has 3 heteroatoms. The zero-order valence-electron chi connectivity index (χ0n) is 8.34. The molecule has 0 amide bonds. The highest BCUT2D eigenvalue weighted by Crippen LogP contribution is 2.65. The second-order valence-corrected chi connectivity index (χ2v) is 4.91. The zero-order chi connectivity index (χ0) is 9.97. The average Bonchev–Trinajstić information content (AvgIpc) is 2.54. The van der Waals surface area contributed by atoms with Gasteiger partial charge in [0.1, 0.15) is 5.60 Å². The van der Waals surface area contributed by atoms with Crippen LogP contribution in [0, 0.1) is 0 Å². The number of carbonyl (C=O) groups is 1. The number of carbonyl (C=O) groups excluding carboxylic acids is 1. The summed E-state index contributed by atoms with van der Waals surface area (Å²) < 4.78 is 11.1. The van der Waals surface area contributed by atoms with Gasteiger partial charge in [0.15, 0.2) is 0 Å². The van der Waals surface area contributed by atoms with Gasteiger partial charge in [-0.25, -0.2) is 4.79 Å². The summed E-state index contributed by atoms with van der Waals surface area (Å²) in [5, 5.41) is 0. The third kappa shape index (κ3) is 0.934. The molecule has 76 valence electrons. The zero-order valence-corrected chi connectivity index (χ0v) is 8.34. The van der Waals surface area contributed by atoms with Gasteiger partial charge >= 0.3 is 5.97 Å². The quantitative estimate of drug-likeness (QED) is 0.380. The molecule has 0 N–H and O–H groups in total. The molecule has 3 atom stereocenters. The second kappa shape index (κ2) is 2.22. The van der Waals surface area contributed by atoms with Crippen molar-refractivity contribution in [3.05, 3.63) is 12.2 Å². The van der Waals surface area contributed by atoms with Crippen LogP contribution in [-0.4, -0.2) is 23.3 Å². The Labute approximate surface area is 83.1 Å². The first-order valence-electron chi connectivity index (χ1n) is 5.12. The van der Waals surface area contributed by atoms with Gasteiger partial charge in [-0.3, -0.25) is 0 Å². The van der Waals surface area contributed by atoms with Crippen molar-refractivity contribution in [3.8, 4) is 0 Å². The van der Waals surface area contributed by atoms with Crippen molar-refractivity contribution < 1.29 is 14.3 Å². The molecule has 14 heavy (non-hydrogen) atoms. The first kappa shape index (κ1) is 8.48. The molecular weight excluding hydrogens is 180 g/mol. The van der Waals surface area contributed by atoms with Gasteiger partial charge in [0.2, 0.25) is 0 Å². The lowest BCUT2D eigenvalue weighted by molar-refractivity contribution is -0.155. The van der Waals surface area contributed by atoms with Crippen LogP contribution in [0.5, 0.6) is 0 Å². The molecule has 2 bridgehead atoms. The molecule has 0 aromatic carbocycles. The summed E-state index contributed by atoms with van der Waals surface area (Å²) in [6, 6.07) is 0. The van der Waals surface area contributed by atoms with Crippen molar-refractivity contribution in [1.29, 1.82) is 0 Å². The van der Waals surface area contributed by atoms with Crippen molar-refractivity contribution in [3.63, 3.8) is 0 Å². The molecule has 3 unspecified atom stereocenters. The Kier molecular flexibility index (Phi) is 1.34. The van der Waals surface area contributed by atoms with Crippen LogP contribution < -0.4 is 0 Å². The smallest absolute Gasteiger partial charge is 0.333 e. The minimum Gasteiger partial charge on any atom is -0.456 e. The molecule has 2 saturated carbocycles. The minimum atomic E-state index is -0.247. The highest BCUT2D eigenvalue weighted by atomic mass is 16.6. The monoisotopic (exact) mass is 194 g/mol. The lowest BCUT2D eigenvalue weighted by Gasteiger charge is -2.26. The van der Waals surface area contributed by atoms with Gasteiger partial charge in [-0.05, 0) is 19.8 Å². The first-order chi connectivity index (χ1) is 6.55. The normalized spacial score (nSPS) is 47.4. The van der Waals surface area contributed by atoms with E-state index >= 15 is 0 Å². The van der Waals surface area contributed by atoms with Crippen LogP contribution in [0.15, 0.2) is 12.2 Å². The van der Waals surface area contributed by atoms with E-state index in [4.69, 9.17) is 9.47 Å². The van der Waals surface area contributed by atoms with Crippen LogP contribution in [0.3, 0.4) is 0 Å². The van der Waals surface area contributed by atoms with E-state index in [0.717, 1.165) is 25.7 Å². The maximum atomic E-state index is 11.4. The molecule has 3 nitrogen and oxygen atoms in total. The summed E-state index contributed by atoms with van der Waals surface area (Å²) >= 11 is 0. The van der Waals surface area contributed by atoms with Crippen LogP contribution in [0.1, 0.15) is 32.6 Å². The number of hydrogen-bond acceptors (Lipinski definition) is 3. The molecule has 1 heterocycles. The van der Waals surface area contributed by atoms with E-state index < -0.39 is 0 Å². The molecule has 1 saturated heterocycles. The van der Waals surface area contributed by atoms with Gasteiger partial charge < -0.3 is 9.47 Å². The van der Waals surface area contributed by atoms with Crippen LogP contribution in [0.2, 0.25) is 0 Å². The summed E-state index contributed by atoms with van der Waals surface area (Å²) in [6.45, 7) is 5.29. The Morgan fingerprint density at radius 1 is 1.57 bits per heavy atom. The summed E-state index contributed by atoms with van der Waals surface area (Å²) in [4.78, 5) is 11.4. The van der Waals surface area contributed by atoms with Crippen molar-refractivity contribution in [2.24, 2.45) is 0 Å². The number of hydrogen-bond donors (Lipinski definition) is 0. The number of fused-ring (bicyclic) bond motifs is 1. The van der Waals surface area contributed by atoms with E-state index in [2.05, 4.69) is 6.58 Å². The van der Waals surface area contributed by atoms with E-state index in [1.54, 1.807) is 6.92 Å². The lowest BCUT2D eigenvalue weighted by atomic mass is 9.97. The maximum Gasteiger partial charge on any atom is 0.333 e. The summed E-state index contributed by atoms with van der Waals surface area (Å²) in [5.41, 5.74) is 0.385. The van der Waals surface area contributed by atoms with Crippen LogP contribution in [-0.2, 0) is 14.3 Å². The third-order valence-electron chi connectivity index (χ3n) is 3.75. The molecule has 0 aromatic heterocycles. The molecule has 0 aromatic rings. The van der Waals surface area contributed by atoms with Gasteiger partial charge in [0.05, 0.1) is 11.7 Å². The molecule has 0 radical (unpaired) electrons. The van der Waals surface area contributed by atoms with E-state index in [9.17, 15) is 4.79 Å². The van der Waals surface area contributed by atoms with Gasteiger partial charge in [-0.15, -0.1) is 0 Å². The number of epoxide rings is 1. The Hall–Kier alpha value is -0.830. The highest BCUT2D eigenvalue weighted by Gasteiger charge is 2.73. The molecule has 1 aliphatic heterocycles. The van der Waals surface area contributed by atoms with Crippen LogP contribution >= 0.6 is 0 Å². The van der Waals surface area contributed by atoms with E-state index in [1.165, 1.54) is 0 Å². The topological polar surface area (TPSA) is 38.8 Å². The Bertz CT molecular complexity index is 335. The lowest BCUT2D eigenvalue weighted by Crippen LogP contribution is -2.32. The second-order valence-electron chi connectivity index (χ2n) is 4.91. The molecule has 2 aliphatic carbocycles. The Morgan fingerprint density at radius 3 is 2.86 bits per heavy atom. The fraction of sp³-hybridized carbons (Fsp3) is 0.727. The molecule has 3 rings (SSSR count). The largest absolute Gasteiger partial charge is 0.456 e. The van der Waals surface area contributed by atoms with E-state index in [1.807, 2.05) is 0 Å². The van der Waals surface area contributed by atoms with Crippen molar-refractivity contribution >= 4 is 5.97 Å². The standard InChI is InChI=1S/C11H14O3/c1-7(2)9(12)14-10-3-4-11(6-10)8(5-10)13-11/h8H,1,3-6H2,2H3. The van der Waals surface area contributed by atoms with Gasteiger partial charge in [-0.2, -0.15) is 0 Å². The van der Waals surface area contributed by atoms with Crippen LogP contribution in [0.4, 0.5) is 0 Å². The molecular formula is C11H14O3. The van der Waals surface area contributed by atoms with Crippen molar-refractivity contribution in [1.82, 2.24) is 0 Å². The SMILES string of the molecule is C=C(C)C(=O)OC12CCC3(C1)OC3C2. The Balaban J connectivity index is 1.75. The minimum absolute atomic E-state index is 0.107. The molecule has 3 aliphatic rings. The van der Waals surface area contributed by atoms with E-state index in [0.29, 0.717) is 11.7 Å². The predicted molar refractivity (Wildman–Crippen MR) is 49.7 cm³/mol. The maximum absolute atomic E-state index is 11.4. The predicted octanol–water partition coefficient (Wildman–Crippen LogP) is 1.57. The summed E-state index contributed by atoms with van der Waals surface area (Å²) in [5.74, 6) is -0.247. The highest BCUT2D eigenvalue weighted by molar-refractivity contribution is 5.87. The molecule has 1 spiro atoms. The summed E-state index contributed by atoms with van der Waals surface area (Å²) in [7, 11) is 0. The molecule has 3 fully saturated rings. The third-order valence-corrected chi connectivity index (χ3v) is 3.75. The number of ether oxygens (including phenoxy) is 2. The van der Waals surface area contributed by atoms with Gasteiger partial charge in [0, 0.05) is 18.4 Å². The summed E-state index contributed by atoms with van der Waals surface area (Å²) in [6.07, 6.45) is 4.19. The fourth-order valence-electron chi connectivity index (χ4n) is 2.94.